The maximum atomic E-state index is 17.9. The van der Waals surface area contributed by atoms with Gasteiger partial charge < -0.3 is 4.90 Å². The summed E-state index contributed by atoms with van der Waals surface area (Å²) in [6.45, 7) is 0. The van der Waals surface area contributed by atoms with E-state index in [-0.39, 0.29) is 81.8 Å². The Bertz CT molecular complexity index is 6910. The van der Waals surface area contributed by atoms with Gasteiger partial charge in [0.05, 0.1) is 33.8 Å². The molecule has 0 saturated heterocycles. The molecule has 1 nitrogen and oxygen atoms in total. The highest BCUT2D eigenvalue weighted by atomic mass is 19.2. The van der Waals surface area contributed by atoms with Crippen molar-refractivity contribution < 1.29 is 65.9 Å². The van der Waals surface area contributed by atoms with E-state index in [1.165, 1.54) is 36.4 Å². The van der Waals surface area contributed by atoms with Crippen LogP contribution in [-0.2, 0) is 0 Å². The molecule has 0 N–H and O–H groups in total. The summed E-state index contributed by atoms with van der Waals surface area (Å²) >= 11 is 0. The minimum Gasteiger partial charge on any atom is -0.307 e. The van der Waals surface area contributed by atoms with Crippen LogP contribution in [0.1, 0.15) is 33.4 Å². The highest BCUT2D eigenvalue weighted by Gasteiger charge is 2.40. The lowest BCUT2D eigenvalue weighted by Crippen LogP contribution is -2.32. The van der Waals surface area contributed by atoms with Gasteiger partial charge in [0.1, 0.15) is 0 Å². The number of rotatable bonds is 9. The van der Waals surface area contributed by atoms with Crippen LogP contribution in [0.3, 0.4) is 0 Å². The molecule has 21 rings (SSSR count). The zero-order valence-corrected chi connectivity index (χ0v) is 60.8. The van der Waals surface area contributed by atoms with Gasteiger partial charge in [0.2, 0.25) is 17.5 Å². The fraction of sp³-hybridized carbons (Fsp3) is 0. The second kappa shape index (κ2) is 26.8. The minimum atomic E-state index is -2.52. The molecular weight excluding hydrogens is 1520 g/mol. The molecule has 0 aromatic heterocycles. The summed E-state index contributed by atoms with van der Waals surface area (Å²) < 4.78 is 255. The zero-order chi connectivity index (χ0) is 80.7. The van der Waals surface area contributed by atoms with Gasteiger partial charge in [-0.3, -0.25) is 0 Å². The van der Waals surface area contributed by atoms with Crippen LogP contribution in [0.4, 0.5) is 82.9 Å². The van der Waals surface area contributed by atoms with E-state index in [0.717, 1.165) is 32.3 Å². The molecule has 0 unspecified atom stereocenters. The predicted octanol–water partition coefficient (Wildman–Crippen LogP) is 26.8. The molecular formula is C102H48F15N. The Balaban J connectivity index is 1.17. The minimum absolute atomic E-state index is 0.0308. The van der Waals surface area contributed by atoms with Crippen LogP contribution in [0, 0.1) is 87.3 Å². The monoisotopic (exact) mass is 1570 g/mol. The normalized spacial score (nSPS) is 12.2. The third-order valence-electron chi connectivity index (χ3n) is 23.1. The Hall–Kier alpha value is -14.5. The quantitative estimate of drug-likeness (QED) is 0.0791. The summed E-state index contributed by atoms with van der Waals surface area (Å²) in [7, 11) is 0. The Morgan fingerprint density at radius 2 is 0.314 bits per heavy atom. The Morgan fingerprint density at radius 3 is 0.483 bits per heavy atom. The largest absolute Gasteiger partial charge is 0.307 e. The van der Waals surface area contributed by atoms with Crippen molar-refractivity contribution in [2.45, 2.75) is 0 Å². The van der Waals surface area contributed by atoms with Crippen LogP contribution < -0.4 is 20.6 Å². The standard InChI is InChI=1S/C102H48F15N/c103-85-79(86(104)92(110)97(115)91(85)109)67-43-70-82(76(61-31-25-49-13-1-7-19-55(49)37-61)62-32-26-50-14-2-8-20-56(50)38-62)71-44-68(80-87(105)93(111)98(116)94(112)88(80)106)46-73-84(78(65-35-29-53-17-5-11-23-59(53)41-65)66-36-30-54-18-6-12-24-60(54)42-66)75-48-69(81-89(107)95(113)99(117)96(114)90(81)108)47-74-83(72(45-67)100(70)118(101(71)73)102(74)75)77(63-33-27-51-15-3-9-21-57(51)39-63)64-34-28-52-16-4-10-22-58(52)40-64/h1-48H. The topological polar surface area (TPSA) is 3.24 Å². The molecule has 16 heteroatoms. The van der Waals surface area contributed by atoms with Gasteiger partial charge in [-0.25, -0.2) is 65.9 Å². The average Bonchev–Trinajstić information content (AvgIpc) is 0.665. The molecule has 3 aliphatic rings. The van der Waals surface area contributed by atoms with Crippen molar-refractivity contribution in [2.24, 2.45) is 0 Å². The van der Waals surface area contributed by atoms with Gasteiger partial charge in [-0.2, -0.15) is 0 Å². The Kier molecular flexibility index (Phi) is 16.2. The van der Waals surface area contributed by atoms with Crippen molar-refractivity contribution in [2.75, 3.05) is 4.90 Å². The van der Waals surface area contributed by atoms with Crippen LogP contribution in [0.5, 0.6) is 0 Å². The second-order valence-corrected chi connectivity index (χ2v) is 29.6. The molecule has 3 heterocycles. The lowest BCUT2D eigenvalue weighted by atomic mass is 9.80. The van der Waals surface area contributed by atoms with Gasteiger partial charge in [-0.05, 0) is 204 Å². The number of fused-ring (bicyclic) bond motifs is 6. The Morgan fingerprint density at radius 1 is 0.161 bits per heavy atom. The number of anilines is 3. The first-order valence-electron chi connectivity index (χ1n) is 37.4. The van der Waals surface area contributed by atoms with Crippen molar-refractivity contribution in [1.29, 1.82) is 0 Å². The van der Waals surface area contributed by atoms with Gasteiger partial charge >= 0.3 is 0 Å². The molecule has 0 radical (unpaired) electrons. The first-order chi connectivity index (χ1) is 57.3. The van der Waals surface area contributed by atoms with Gasteiger partial charge in [0, 0.05) is 48.0 Å². The fourth-order valence-corrected chi connectivity index (χ4v) is 17.8. The SMILES string of the molecule is Fc1c(F)c(F)c(-c2cc3c4c(c2)c(=C(c2ccc5ccccc5c2)c2ccc5ccccc5c2)c2cc(-c5c(F)c(F)c(F)c(F)c5F)cc5c2N4c2c(cc(-c4c(F)c(F)c(F)c(F)c4F)cc2c5=C(c2ccc4ccccc4c2)c2ccc4ccccc4c2)c3=C(c2ccc3ccccc3c2)c2ccc3ccccc3c2)c(F)c1F. The third-order valence-corrected chi connectivity index (χ3v) is 23.1. The van der Waals surface area contributed by atoms with E-state index in [9.17, 15) is 0 Å². The highest BCUT2D eigenvalue weighted by molar-refractivity contribution is 6.26. The van der Waals surface area contributed by atoms with E-state index < -0.39 is 121 Å². The smallest absolute Gasteiger partial charge is 0.200 e. The van der Waals surface area contributed by atoms with Crippen molar-refractivity contribution in [3.63, 3.8) is 0 Å². The van der Waals surface area contributed by atoms with E-state index >= 15 is 65.9 Å². The number of hydrogen-bond acceptors (Lipinski definition) is 1. The number of hydrogen-bond donors (Lipinski definition) is 0. The average molecular weight is 1570 g/mol. The first-order valence-corrected chi connectivity index (χ1v) is 37.4. The zero-order valence-electron chi connectivity index (χ0n) is 60.8. The molecule has 0 atom stereocenters. The van der Waals surface area contributed by atoms with Crippen LogP contribution in [-0.4, -0.2) is 0 Å². The second-order valence-electron chi connectivity index (χ2n) is 29.6. The summed E-state index contributed by atoms with van der Waals surface area (Å²) in [5, 5.41) is 7.17. The third kappa shape index (κ3) is 10.7. The summed E-state index contributed by atoms with van der Waals surface area (Å²) in [6.07, 6.45) is 0. The molecule has 0 spiro atoms. The molecule has 3 aliphatic heterocycles. The van der Waals surface area contributed by atoms with Crippen molar-refractivity contribution >= 4 is 131 Å². The van der Waals surface area contributed by atoms with Crippen LogP contribution in [0.15, 0.2) is 291 Å². The molecule has 118 heavy (non-hydrogen) atoms. The van der Waals surface area contributed by atoms with E-state index in [4.69, 9.17) is 0 Å². The molecule has 566 valence electrons. The molecule has 0 saturated carbocycles. The number of halogens is 15. The van der Waals surface area contributed by atoms with Crippen LogP contribution in [0.2, 0.25) is 0 Å². The molecule has 0 aliphatic carbocycles. The van der Waals surface area contributed by atoms with E-state index in [0.29, 0.717) is 65.7 Å². The van der Waals surface area contributed by atoms with Gasteiger partial charge in [0.15, 0.2) is 69.8 Å². The lowest BCUT2D eigenvalue weighted by molar-refractivity contribution is 0.381. The first kappa shape index (κ1) is 71.3. The molecule has 0 amide bonds. The summed E-state index contributed by atoms with van der Waals surface area (Å²) in [5.41, 5.74) is -3.77. The number of benzene rings is 18. The molecule has 18 aromatic rings. The van der Waals surface area contributed by atoms with Crippen LogP contribution in [0.25, 0.3) is 147 Å². The van der Waals surface area contributed by atoms with Gasteiger partial charge in [0.25, 0.3) is 0 Å². The van der Waals surface area contributed by atoms with Crippen molar-refractivity contribution in [1.82, 2.24) is 0 Å². The van der Waals surface area contributed by atoms with E-state index in [1.807, 2.05) is 182 Å². The van der Waals surface area contributed by atoms with Gasteiger partial charge in [-0.15, -0.1) is 0 Å². The molecule has 18 aromatic carbocycles. The van der Waals surface area contributed by atoms with Crippen molar-refractivity contribution in [3.05, 3.63) is 427 Å². The van der Waals surface area contributed by atoms with Crippen molar-refractivity contribution in [3.8, 4) is 33.4 Å². The predicted molar refractivity (Wildman–Crippen MR) is 437 cm³/mol. The summed E-state index contributed by atoms with van der Waals surface area (Å²) in [4.78, 5) is 1.65. The summed E-state index contributed by atoms with van der Waals surface area (Å²) in [5.74, 6) is -35.6. The van der Waals surface area contributed by atoms with E-state index in [2.05, 4.69) is 0 Å². The number of nitrogens with zero attached hydrogens (tertiary/aromatic N) is 1. The highest BCUT2D eigenvalue weighted by Crippen LogP contribution is 2.56. The summed E-state index contributed by atoms with van der Waals surface area (Å²) in [6, 6.07) is 83.4. The molecule has 0 fully saturated rings. The van der Waals surface area contributed by atoms with Crippen LogP contribution >= 0.6 is 0 Å². The fourth-order valence-electron chi connectivity index (χ4n) is 17.8. The van der Waals surface area contributed by atoms with E-state index in [1.54, 1.807) is 77.7 Å². The van der Waals surface area contributed by atoms with Gasteiger partial charge in [-0.1, -0.05) is 218 Å². The lowest BCUT2D eigenvalue weighted by Gasteiger charge is -2.39. The Labute approximate surface area is 658 Å². The molecule has 0 bridgehead atoms. The maximum absolute atomic E-state index is 17.9. The maximum Gasteiger partial charge on any atom is 0.200 e.